The number of hydrogen-bond donors (Lipinski definition) is 1. The summed E-state index contributed by atoms with van der Waals surface area (Å²) in [5.41, 5.74) is 0.820. The van der Waals surface area contributed by atoms with Gasteiger partial charge in [0.2, 0.25) is 0 Å². The van der Waals surface area contributed by atoms with Gasteiger partial charge in [-0.25, -0.2) is 13.2 Å². The van der Waals surface area contributed by atoms with Crippen LogP contribution >= 0.6 is 0 Å². The summed E-state index contributed by atoms with van der Waals surface area (Å²) < 4.78 is 38.6. The normalized spacial score (nSPS) is 15.6. The minimum Gasteiger partial charge on any atom is -0.312 e. The number of halogens is 3. The van der Waals surface area contributed by atoms with Gasteiger partial charge in [0.15, 0.2) is 17.5 Å². The maximum Gasteiger partial charge on any atom is 0.194 e. The Hall–Kier alpha value is -1.03. The first kappa shape index (κ1) is 8.56. The smallest absolute Gasteiger partial charge is 0.194 e. The third-order valence-electron chi connectivity index (χ3n) is 2.22. The molecule has 0 saturated heterocycles. The molecule has 0 radical (unpaired) electrons. The second-order valence-electron chi connectivity index (χ2n) is 3.05. The lowest BCUT2D eigenvalue weighted by molar-refractivity contribution is 0.432. The van der Waals surface area contributed by atoms with Crippen LogP contribution in [-0.2, 0) is 13.0 Å². The molecule has 13 heavy (non-hydrogen) atoms. The van der Waals surface area contributed by atoms with Crippen LogP contribution in [0.2, 0.25) is 0 Å². The van der Waals surface area contributed by atoms with Gasteiger partial charge in [0, 0.05) is 6.54 Å². The second kappa shape index (κ2) is 3.03. The van der Waals surface area contributed by atoms with Crippen molar-refractivity contribution in [3.8, 4) is 0 Å². The van der Waals surface area contributed by atoms with Gasteiger partial charge < -0.3 is 5.32 Å². The summed E-state index contributed by atoms with van der Waals surface area (Å²) in [6, 6.07) is 1.06. The number of rotatable bonds is 0. The molecule has 0 amide bonds. The first-order valence-electron chi connectivity index (χ1n) is 4.06. The van der Waals surface area contributed by atoms with Crippen molar-refractivity contribution >= 4 is 0 Å². The highest BCUT2D eigenvalue weighted by atomic mass is 19.2. The Morgan fingerprint density at radius 2 is 1.92 bits per heavy atom. The summed E-state index contributed by atoms with van der Waals surface area (Å²) in [6.45, 7) is 1.01. The fraction of sp³-hybridized carbons (Fsp3) is 0.333. The zero-order valence-electron chi connectivity index (χ0n) is 6.83. The molecule has 1 aliphatic rings. The highest BCUT2D eigenvalue weighted by Crippen LogP contribution is 2.22. The fourth-order valence-electron chi connectivity index (χ4n) is 1.55. The molecule has 0 saturated carbocycles. The Morgan fingerprint density at radius 1 is 1.15 bits per heavy atom. The maximum absolute atomic E-state index is 13.1. The van der Waals surface area contributed by atoms with Crippen molar-refractivity contribution in [2.24, 2.45) is 0 Å². The number of benzene rings is 1. The fourth-order valence-corrected chi connectivity index (χ4v) is 1.55. The van der Waals surface area contributed by atoms with Crippen molar-refractivity contribution in [2.75, 3.05) is 6.54 Å². The van der Waals surface area contributed by atoms with Gasteiger partial charge >= 0.3 is 0 Å². The quantitative estimate of drug-likeness (QED) is 0.610. The van der Waals surface area contributed by atoms with Crippen LogP contribution in [0.4, 0.5) is 13.2 Å². The zero-order chi connectivity index (χ0) is 9.42. The molecule has 0 fully saturated rings. The van der Waals surface area contributed by atoms with Crippen LogP contribution in [0.15, 0.2) is 6.07 Å². The van der Waals surface area contributed by atoms with E-state index in [4.69, 9.17) is 0 Å². The first-order chi connectivity index (χ1) is 6.20. The molecule has 0 spiro atoms. The molecule has 1 aromatic rings. The van der Waals surface area contributed by atoms with Crippen molar-refractivity contribution in [3.05, 3.63) is 34.6 Å². The van der Waals surface area contributed by atoms with Crippen LogP contribution in [0.5, 0.6) is 0 Å². The largest absolute Gasteiger partial charge is 0.312 e. The molecule has 0 unspecified atom stereocenters. The SMILES string of the molecule is Fc1cc2c(c(F)c1F)CCNC2. The van der Waals surface area contributed by atoms with Gasteiger partial charge in [-0.15, -0.1) is 0 Å². The molecule has 70 valence electrons. The van der Waals surface area contributed by atoms with Crippen molar-refractivity contribution in [3.63, 3.8) is 0 Å². The van der Waals surface area contributed by atoms with Gasteiger partial charge in [-0.05, 0) is 30.2 Å². The minimum absolute atomic E-state index is 0.303. The molecule has 1 N–H and O–H groups in total. The molecule has 0 aliphatic carbocycles. The van der Waals surface area contributed by atoms with Gasteiger partial charge in [0.1, 0.15) is 0 Å². The van der Waals surface area contributed by atoms with Gasteiger partial charge in [-0.1, -0.05) is 0 Å². The lowest BCUT2D eigenvalue weighted by Gasteiger charge is -2.17. The Morgan fingerprint density at radius 3 is 2.69 bits per heavy atom. The van der Waals surface area contributed by atoms with Crippen molar-refractivity contribution in [1.82, 2.24) is 5.32 Å². The Kier molecular flexibility index (Phi) is 2.00. The summed E-state index contributed by atoms with van der Waals surface area (Å²) in [4.78, 5) is 0. The molecule has 2 rings (SSSR count). The van der Waals surface area contributed by atoms with E-state index in [9.17, 15) is 13.2 Å². The predicted molar refractivity (Wildman–Crippen MR) is 41.7 cm³/mol. The summed E-state index contributed by atoms with van der Waals surface area (Å²) in [5, 5.41) is 2.96. The molecule has 1 aliphatic heterocycles. The standard InChI is InChI=1S/C9H8F3N/c10-7-3-5-4-13-2-1-6(5)8(11)9(7)12/h3,13H,1-2,4H2. The molecular formula is C9H8F3N. The van der Waals surface area contributed by atoms with Gasteiger partial charge in [0.25, 0.3) is 0 Å². The van der Waals surface area contributed by atoms with E-state index >= 15 is 0 Å². The van der Waals surface area contributed by atoms with Crippen LogP contribution < -0.4 is 5.32 Å². The molecule has 1 aromatic carbocycles. The molecular weight excluding hydrogens is 179 g/mol. The van der Waals surface area contributed by atoms with Crippen molar-refractivity contribution in [2.45, 2.75) is 13.0 Å². The second-order valence-corrected chi connectivity index (χ2v) is 3.05. The van der Waals surface area contributed by atoms with Gasteiger partial charge in [-0.3, -0.25) is 0 Å². The molecule has 0 atom stereocenters. The van der Waals surface area contributed by atoms with E-state index in [-0.39, 0.29) is 0 Å². The van der Waals surface area contributed by atoms with Crippen LogP contribution in [0.3, 0.4) is 0 Å². The molecule has 0 bridgehead atoms. The summed E-state index contributed by atoms with van der Waals surface area (Å²) in [7, 11) is 0. The Labute approximate surface area is 73.6 Å². The third-order valence-corrected chi connectivity index (χ3v) is 2.22. The van der Waals surface area contributed by atoms with E-state index < -0.39 is 17.5 Å². The molecule has 1 heterocycles. The van der Waals surface area contributed by atoms with E-state index in [0.717, 1.165) is 6.07 Å². The summed E-state index contributed by atoms with van der Waals surface area (Å²) in [5.74, 6) is -3.50. The summed E-state index contributed by atoms with van der Waals surface area (Å²) in [6.07, 6.45) is 0.415. The maximum atomic E-state index is 13.1. The van der Waals surface area contributed by atoms with E-state index in [1.165, 1.54) is 0 Å². The van der Waals surface area contributed by atoms with Crippen molar-refractivity contribution in [1.29, 1.82) is 0 Å². The average molecular weight is 187 g/mol. The van der Waals surface area contributed by atoms with E-state index in [1.807, 2.05) is 0 Å². The van der Waals surface area contributed by atoms with Gasteiger partial charge in [-0.2, -0.15) is 0 Å². The lowest BCUT2D eigenvalue weighted by Crippen LogP contribution is -2.25. The first-order valence-corrected chi connectivity index (χ1v) is 4.06. The highest BCUT2D eigenvalue weighted by Gasteiger charge is 2.20. The lowest BCUT2D eigenvalue weighted by atomic mass is 10.00. The third kappa shape index (κ3) is 1.31. The highest BCUT2D eigenvalue weighted by molar-refractivity contribution is 5.32. The van der Waals surface area contributed by atoms with Crippen LogP contribution in [0, 0.1) is 17.5 Å². The number of nitrogens with one attached hydrogen (secondary N) is 1. The van der Waals surface area contributed by atoms with Gasteiger partial charge in [0.05, 0.1) is 0 Å². The van der Waals surface area contributed by atoms with E-state index in [0.29, 0.717) is 30.6 Å². The van der Waals surface area contributed by atoms with Crippen molar-refractivity contribution < 1.29 is 13.2 Å². The van der Waals surface area contributed by atoms with Crippen LogP contribution in [-0.4, -0.2) is 6.54 Å². The number of hydrogen-bond acceptors (Lipinski definition) is 1. The minimum atomic E-state index is -1.36. The molecule has 0 aromatic heterocycles. The molecule has 4 heteroatoms. The summed E-state index contributed by atoms with van der Waals surface area (Å²) >= 11 is 0. The average Bonchev–Trinajstić information content (AvgIpc) is 2.15. The Balaban J connectivity index is 2.60. The zero-order valence-corrected chi connectivity index (χ0v) is 6.83. The topological polar surface area (TPSA) is 12.0 Å². The number of fused-ring (bicyclic) bond motifs is 1. The molecule has 1 nitrogen and oxygen atoms in total. The van der Waals surface area contributed by atoms with E-state index in [2.05, 4.69) is 5.32 Å². The Bertz CT molecular complexity index is 349. The monoisotopic (exact) mass is 187 g/mol. The predicted octanol–water partition coefficient (Wildman–Crippen LogP) is 1.75. The van der Waals surface area contributed by atoms with Crippen LogP contribution in [0.25, 0.3) is 0 Å². The van der Waals surface area contributed by atoms with E-state index in [1.54, 1.807) is 0 Å². The van der Waals surface area contributed by atoms with Crippen LogP contribution in [0.1, 0.15) is 11.1 Å².